The molecule has 7 heteroatoms. The van der Waals surface area contributed by atoms with Gasteiger partial charge in [-0.3, -0.25) is 9.59 Å². The van der Waals surface area contributed by atoms with Gasteiger partial charge in [-0.2, -0.15) is 5.10 Å². The Kier molecular flexibility index (Phi) is 6.20. The predicted octanol–water partition coefficient (Wildman–Crippen LogP) is 3.81. The second kappa shape index (κ2) is 8.82. The molecule has 0 aliphatic heterocycles. The number of carbonyl (C=O) groups is 2. The molecule has 0 aliphatic rings. The Morgan fingerprint density at radius 1 is 1.07 bits per heavy atom. The van der Waals surface area contributed by atoms with E-state index in [1.165, 1.54) is 0 Å². The van der Waals surface area contributed by atoms with E-state index < -0.39 is 12.0 Å². The number of rotatable bonds is 7. The predicted molar refractivity (Wildman–Crippen MR) is 116 cm³/mol. The van der Waals surface area contributed by atoms with E-state index in [0.717, 1.165) is 16.8 Å². The highest BCUT2D eigenvalue weighted by atomic mass is 16.5. The lowest BCUT2D eigenvalue weighted by molar-refractivity contribution is -0.122. The second-order valence-electron chi connectivity index (χ2n) is 7.49. The largest absolute Gasteiger partial charge is 0.481 e. The van der Waals surface area contributed by atoms with Crippen molar-refractivity contribution in [2.75, 3.05) is 5.32 Å². The third-order valence-electron chi connectivity index (χ3n) is 4.79. The van der Waals surface area contributed by atoms with E-state index in [4.69, 9.17) is 10.5 Å². The van der Waals surface area contributed by atoms with Gasteiger partial charge in [0.2, 0.25) is 0 Å². The summed E-state index contributed by atoms with van der Waals surface area (Å²) in [6, 6.07) is 14.7. The molecular formula is C23H26N4O3. The summed E-state index contributed by atoms with van der Waals surface area (Å²) in [5.74, 6) is 0.264. The molecule has 0 saturated heterocycles. The SMILES string of the molecule is Cc1ccc(C(C)C)cc1OC(C)C(=O)Nc1ccc(-n2ccc(C(N)=O)n2)cc1. The molecule has 1 unspecified atom stereocenters. The number of aromatic nitrogens is 2. The summed E-state index contributed by atoms with van der Waals surface area (Å²) in [6.45, 7) is 7.92. The molecule has 0 aliphatic carbocycles. The average Bonchev–Trinajstić information content (AvgIpc) is 3.20. The van der Waals surface area contributed by atoms with Gasteiger partial charge < -0.3 is 15.8 Å². The Morgan fingerprint density at radius 2 is 1.77 bits per heavy atom. The molecule has 7 nitrogen and oxygen atoms in total. The number of benzene rings is 2. The van der Waals surface area contributed by atoms with Crippen molar-refractivity contribution in [3.05, 3.63) is 71.5 Å². The van der Waals surface area contributed by atoms with Crippen LogP contribution in [0.25, 0.3) is 5.69 Å². The lowest BCUT2D eigenvalue weighted by atomic mass is 10.0. The molecule has 3 rings (SSSR count). The van der Waals surface area contributed by atoms with E-state index in [-0.39, 0.29) is 11.6 Å². The highest BCUT2D eigenvalue weighted by Crippen LogP contribution is 2.25. The first-order valence-electron chi connectivity index (χ1n) is 9.78. The Labute approximate surface area is 175 Å². The maximum atomic E-state index is 12.6. The van der Waals surface area contributed by atoms with Gasteiger partial charge in [0.1, 0.15) is 11.4 Å². The summed E-state index contributed by atoms with van der Waals surface area (Å²) in [5.41, 5.74) is 8.94. The first kappa shape index (κ1) is 21.1. The number of primary amides is 1. The number of anilines is 1. The molecular weight excluding hydrogens is 380 g/mol. The van der Waals surface area contributed by atoms with Gasteiger partial charge in [0.05, 0.1) is 5.69 Å². The number of hydrogen-bond donors (Lipinski definition) is 2. The Balaban J connectivity index is 1.65. The van der Waals surface area contributed by atoms with Crippen LogP contribution in [0.3, 0.4) is 0 Å². The fourth-order valence-corrected chi connectivity index (χ4v) is 2.89. The molecule has 156 valence electrons. The van der Waals surface area contributed by atoms with Crippen LogP contribution >= 0.6 is 0 Å². The van der Waals surface area contributed by atoms with Crippen molar-refractivity contribution in [2.45, 2.75) is 39.7 Å². The van der Waals surface area contributed by atoms with Gasteiger partial charge in [-0.25, -0.2) is 4.68 Å². The third kappa shape index (κ3) is 4.86. The molecule has 3 aromatic rings. The lowest BCUT2D eigenvalue weighted by Gasteiger charge is -2.18. The molecule has 1 heterocycles. The lowest BCUT2D eigenvalue weighted by Crippen LogP contribution is -2.30. The number of ether oxygens (including phenoxy) is 1. The zero-order valence-corrected chi connectivity index (χ0v) is 17.5. The molecule has 0 fully saturated rings. The minimum Gasteiger partial charge on any atom is -0.481 e. The number of amides is 2. The Hall–Kier alpha value is -3.61. The molecule has 0 radical (unpaired) electrons. The summed E-state index contributed by atoms with van der Waals surface area (Å²) in [5, 5.41) is 6.96. The number of nitrogens with zero attached hydrogens (tertiary/aromatic N) is 2. The normalized spacial score (nSPS) is 11.9. The van der Waals surface area contributed by atoms with E-state index in [0.29, 0.717) is 17.4 Å². The van der Waals surface area contributed by atoms with Crippen LogP contribution in [-0.2, 0) is 4.79 Å². The highest BCUT2D eigenvalue weighted by molar-refractivity contribution is 5.94. The van der Waals surface area contributed by atoms with Crippen molar-refractivity contribution in [3.63, 3.8) is 0 Å². The maximum absolute atomic E-state index is 12.6. The van der Waals surface area contributed by atoms with E-state index in [1.54, 1.807) is 48.1 Å². The zero-order valence-electron chi connectivity index (χ0n) is 17.5. The van der Waals surface area contributed by atoms with Crippen molar-refractivity contribution in [2.24, 2.45) is 5.73 Å². The van der Waals surface area contributed by atoms with E-state index >= 15 is 0 Å². The van der Waals surface area contributed by atoms with Crippen LogP contribution < -0.4 is 15.8 Å². The van der Waals surface area contributed by atoms with E-state index in [1.807, 2.05) is 19.1 Å². The van der Waals surface area contributed by atoms with Gasteiger partial charge in [-0.15, -0.1) is 0 Å². The number of carbonyl (C=O) groups excluding carboxylic acids is 2. The topological polar surface area (TPSA) is 99.2 Å². The summed E-state index contributed by atoms with van der Waals surface area (Å²) >= 11 is 0. The highest BCUT2D eigenvalue weighted by Gasteiger charge is 2.17. The fraction of sp³-hybridized carbons (Fsp3) is 0.261. The average molecular weight is 406 g/mol. The van der Waals surface area contributed by atoms with Gasteiger partial charge >= 0.3 is 0 Å². The van der Waals surface area contributed by atoms with E-state index in [9.17, 15) is 9.59 Å². The number of hydrogen-bond acceptors (Lipinski definition) is 4. The zero-order chi connectivity index (χ0) is 21.8. The minimum atomic E-state index is -0.657. The van der Waals surface area contributed by atoms with Crippen LogP contribution in [-0.4, -0.2) is 27.7 Å². The van der Waals surface area contributed by atoms with Gasteiger partial charge in [-0.1, -0.05) is 26.0 Å². The molecule has 2 amide bonds. The Morgan fingerprint density at radius 3 is 2.37 bits per heavy atom. The van der Waals surface area contributed by atoms with Crippen molar-refractivity contribution < 1.29 is 14.3 Å². The number of nitrogens with one attached hydrogen (secondary N) is 1. The molecule has 2 aromatic carbocycles. The van der Waals surface area contributed by atoms with Crippen LogP contribution in [0.15, 0.2) is 54.7 Å². The van der Waals surface area contributed by atoms with Gasteiger partial charge in [0, 0.05) is 11.9 Å². The van der Waals surface area contributed by atoms with Crippen LogP contribution in [0.5, 0.6) is 5.75 Å². The van der Waals surface area contributed by atoms with Crippen molar-refractivity contribution >= 4 is 17.5 Å². The van der Waals surface area contributed by atoms with Gasteiger partial charge in [0.25, 0.3) is 11.8 Å². The van der Waals surface area contributed by atoms with Crippen molar-refractivity contribution in [1.29, 1.82) is 0 Å². The molecule has 0 saturated carbocycles. The first-order valence-corrected chi connectivity index (χ1v) is 9.78. The van der Waals surface area contributed by atoms with Gasteiger partial charge in [-0.05, 0) is 67.3 Å². The summed E-state index contributed by atoms with van der Waals surface area (Å²) < 4.78 is 7.46. The standard InChI is InChI=1S/C23H26N4O3/c1-14(2)17-6-5-15(3)21(13-17)30-16(4)23(29)25-18-7-9-19(10-8-18)27-12-11-20(26-27)22(24)28/h5-14,16H,1-4H3,(H2,24,28)(H,25,29). The smallest absolute Gasteiger partial charge is 0.269 e. The van der Waals surface area contributed by atoms with Crippen LogP contribution in [0, 0.1) is 6.92 Å². The molecule has 0 bridgehead atoms. The molecule has 1 atom stereocenters. The minimum absolute atomic E-state index is 0.190. The summed E-state index contributed by atoms with van der Waals surface area (Å²) in [6.07, 6.45) is 0.993. The first-order chi connectivity index (χ1) is 14.2. The van der Waals surface area contributed by atoms with Crippen LogP contribution in [0.4, 0.5) is 5.69 Å². The molecule has 30 heavy (non-hydrogen) atoms. The van der Waals surface area contributed by atoms with Crippen LogP contribution in [0.2, 0.25) is 0 Å². The quantitative estimate of drug-likeness (QED) is 0.623. The molecule has 3 N–H and O–H groups in total. The summed E-state index contributed by atoms with van der Waals surface area (Å²) in [7, 11) is 0. The molecule has 1 aromatic heterocycles. The van der Waals surface area contributed by atoms with Crippen LogP contribution in [0.1, 0.15) is 48.3 Å². The summed E-state index contributed by atoms with van der Waals surface area (Å²) in [4.78, 5) is 23.8. The van der Waals surface area contributed by atoms with Crippen molar-refractivity contribution in [1.82, 2.24) is 9.78 Å². The van der Waals surface area contributed by atoms with E-state index in [2.05, 4.69) is 30.3 Å². The monoisotopic (exact) mass is 406 g/mol. The van der Waals surface area contributed by atoms with Gasteiger partial charge in [0.15, 0.2) is 6.10 Å². The number of nitrogens with two attached hydrogens (primary N) is 1. The fourth-order valence-electron chi connectivity index (χ4n) is 2.89. The second-order valence-corrected chi connectivity index (χ2v) is 7.49. The third-order valence-corrected chi connectivity index (χ3v) is 4.79. The molecule has 0 spiro atoms. The number of aryl methyl sites for hydroxylation is 1. The van der Waals surface area contributed by atoms with Crippen molar-refractivity contribution in [3.8, 4) is 11.4 Å². The Bertz CT molecular complexity index is 1050. The maximum Gasteiger partial charge on any atom is 0.269 e.